The second kappa shape index (κ2) is 13.9. The maximum atomic E-state index is 5.29. The van der Waals surface area contributed by atoms with E-state index in [0.717, 1.165) is 39.4 Å². The number of aromatic nitrogens is 2. The molecule has 2 atom stereocenters. The Morgan fingerprint density at radius 3 is 1.58 bits per heavy atom. The zero-order valence-electron chi connectivity index (χ0n) is 25.9. The predicted molar refractivity (Wildman–Crippen MR) is 195 cm³/mol. The molecule has 2 nitrogen and oxygen atoms in total. The first-order valence-corrected chi connectivity index (χ1v) is 16.5. The Bertz CT molecular complexity index is 1910. The van der Waals surface area contributed by atoms with Crippen LogP contribution in [0.25, 0.3) is 32.9 Å². The molecule has 7 rings (SSSR count). The fourth-order valence-electron chi connectivity index (χ4n) is 6.13. The van der Waals surface area contributed by atoms with Gasteiger partial charge in [0.15, 0.2) is 0 Å². The summed E-state index contributed by atoms with van der Waals surface area (Å²) in [6.45, 7) is 6.95. The Hall–Kier alpha value is -3.44. The second-order valence-electron chi connectivity index (χ2n) is 12.2. The zero-order valence-corrected chi connectivity index (χ0v) is 29.3. The molecule has 0 aliphatic heterocycles. The average Bonchev–Trinajstić information content (AvgIpc) is 3.77. The molecule has 0 spiro atoms. The van der Waals surface area contributed by atoms with Gasteiger partial charge in [-0.05, 0) is 29.7 Å². The van der Waals surface area contributed by atoms with E-state index in [-0.39, 0.29) is 22.5 Å². The van der Waals surface area contributed by atoms with Gasteiger partial charge in [0.1, 0.15) is 0 Å². The summed E-state index contributed by atoms with van der Waals surface area (Å²) in [4.78, 5) is 10.6. The number of para-hydroxylation sites is 2. The normalized spacial score (nSPS) is 11.6. The van der Waals surface area contributed by atoms with Crippen LogP contribution in [-0.4, -0.2) is 9.97 Å². The van der Waals surface area contributed by atoms with Crippen molar-refractivity contribution in [2.24, 2.45) is 0 Å². The molecular weight excluding hydrogens is 626 g/mol. The summed E-state index contributed by atoms with van der Waals surface area (Å²) in [6.07, 6.45) is 0.836. The molecule has 5 aromatic carbocycles. The van der Waals surface area contributed by atoms with E-state index in [1.54, 1.807) is 0 Å². The molecule has 0 fully saturated rings. The molecule has 0 saturated heterocycles. The SMILES string of the molecule is CC(C)(C)[c-]1c(-c2ccccc2)cc(CP)c1C(P)(c1ccc2ccccc2n1)c1ccc2ccccc2n1.[Fe].[cH-]1[cH-][cH-][cH-][cH-]1. The van der Waals surface area contributed by atoms with Crippen LogP contribution >= 0.6 is 18.5 Å². The monoisotopic (exact) mass is 664 g/mol. The van der Waals surface area contributed by atoms with Crippen molar-refractivity contribution in [1.82, 2.24) is 9.97 Å². The van der Waals surface area contributed by atoms with Gasteiger partial charge in [-0.25, -0.2) is 0 Å². The van der Waals surface area contributed by atoms with Gasteiger partial charge in [0.2, 0.25) is 0 Å². The van der Waals surface area contributed by atoms with Gasteiger partial charge < -0.3 is 30.3 Å². The Morgan fingerprint density at radius 2 is 1.11 bits per heavy atom. The molecule has 2 aromatic heterocycles. The summed E-state index contributed by atoms with van der Waals surface area (Å²) in [5, 5.41) is 1.61. The van der Waals surface area contributed by atoms with E-state index < -0.39 is 5.16 Å². The van der Waals surface area contributed by atoms with Crippen LogP contribution in [0.4, 0.5) is 0 Å². The number of nitrogens with zero attached hydrogens (tertiary/aromatic N) is 2. The quantitative estimate of drug-likeness (QED) is 0.104. The molecule has 232 valence electrons. The summed E-state index contributed by atoms with van der Waals surface area (Å²) < 4.78 is 0. The number of benzene rings is 3. The maximum Gasteiger partial charge on any atom is 0.0767 e. The van der Waals surface area contributed by atoms with Crippen molar-refractivity contribution in [2.75, 3.05) is 0 Å². The molecule has 0 saturated carbocycles. The summed E-state index contributed by atoms with van der Waals surface area (Å²) >= 11 is 0. The molecule has 0 aliphatic carbocycles. The summed E-state index contributed by atoms with van der Waals surface area (Å²) in [5.41, 5.74) is 10.2. The van der Waals surface area contributed by atoms with E-state index in [4.69, 9.17) is 9.97 Å². The van der Waals surface area contributed by atoms with Crippen molar-refractivity contribution >= 4 is 40.3 Å². The smallest absolute Gasteiger partial charge is 0.0767 e. The van der Waals surface area contributed by atoms with Crippen LogP contribution in [-0.2, 0) is 33.8 Å². The number of rotatable bonds is 5. The van der Waals surface area contributed by atoms with Gasteiger partial charge in [0.25, 0.3) is 0 Å². The molecule has 0 aliphatic rings. The molecule has 5 heteroatoms. The van der Waals surface area contributed by atoms with Crippen molar-refractivity contribution in [1.29, 1.82) is 0 Å². The maximum absolute atomic E-state index is 5.29. The molecule has 7 aromatic rings. The summed E-state index contributed by atoms with van der Waals surface area (Å²) in [7, 11) is 6.20. The average molecular weight is 665 g/mol. The molecule has 2 heterocycles. The number of hydrogen-bond donors (Lipinski definition) is 0. The third-order valence-electron chi connectivity index (χ3n) is 8.17. The molecule has 45 heavy (non-hydrogen) atoms. The number of hydrogen-bond acceptors (Lipinski definition) is 2. The van der Waals surface area contributed by atoms with Gasteiger partial charge in [0, 0.05) is 27.8 Å². The van der Waals surface area contributed by atoms with Gasteiger partial charge in [-0.3, -0.25) is 9.97 Å². The molecule has 0 N–H and O–H groups in total. The van der Waals surface area contributed by atoms with Crippen molar-refractivity contribution < 1.29 is 17.1 Å². The number of pyridine rings is 2. The van der Waals surface area contributed by atoms with Gasteiger partial charge in [-0.2, -0.15) is 11.6 Å². The fraction of sp³-hybridized carbons (Fsp3) is 0.150. The van der Waals surface area contributed by atoms with Crippen LogP contribution in [0.15, 0.2) is 140 Å². The minimum atomic E-state index is -0.657. The van der Waals surface area contributed by atoms with E-state index in [9.17, 15) is 0 Å². The fourth-order valence-corrected chi connectivity index (χ4v) is 7.10. The van der Waals surface area contributed by atoms with Crippen LogP contribution in [0.1, 0.15) is 48.8 Å². The molecule has 0 bridgehead atoms. The Balaban J connectivity index is 0.000000609. The largest absolute Gasteiger partial charge is 0.748 e. The van der Waals surface area contributed by atoms with Crippen LogP contribution in [0.3, 0.4) is 0 Å². The van der Waals surface area contributed by atoms with Gasteiger partial charge >= 0.3 is 0 Å². The minimum Gasteiger partial charge on any atom is -0.748 e. The van der Waals surface area contributed by atoms with Crippen LogP contribution in [0.2, 0.25) is 0 Å². The van der Waals surface area contributed by atoms with Gasteiger partial charge in [-0.15, -0.1) is 35.2 Å². The first-order chi connectivity index (χ1) is 21.3. The molecule has 2 unspecified atom stereocenters. The molecular formula is C40H38FeN2P2-6. The zero-order chi connectivity index (χ0) is 30.7. The molecule has 0 amide bonds. The van der Waals surface area contributed by atoms with E-state index in [0.29, 0.717) is 0 Å². The van der Waals surface area contributed by atoms with Crippen LogP contribution < -0.4 is 0 Å². The molecule has 0 radical (unpaired) electrons. The first kappa shape index (κ1) is 32.9. The number of fused-ring (bicyclic) bond motifs is 2. The van der Waals surface area contributed by atoms with Crippen LogP contribution in [0.5, 0.6) is 0 Å². The van der Waals surface area contributed by atoms with Crippen molar-refractivity contribution in [3.63, 3.8) is 0 Å². The second-order valence-corrected chi connectivity index (χ2v) is 13.5. The van der Waals surface area contributed by atoms with E-state index in [2.05, 4.69) is 148 Å². The third-order valence-corrected chi connectivity index (χ3v) is 9.49. The van der Waals surface area contributed by atoms with E-state index in [1.807, 2.05) is 30.3 Å². The minimum absolute atomic E-state index is 0. The summed E-state index contributed by atoms with van der Waals surface area (Å²) in [6, 6.07) is 48.6. The van der Waals surface area contributed by atoms with E-state index >= 15 is 0 Å². The summed E-state index contributed by atoms with van der Waals surface area (Å²) in [5.74, 6) is 0. The van der Waals surface area contributed by atoms with Crippen molar-refractivity contribution in [3.05, 3.63) is 168 Å². The predicted octanol–water partition coefficient (Wildman–Crippen LogP) is 10.4. The Kier molecular flexibility index (Phi) is 10.2. The Morgan fingerprint density at radius 1 is 0.644 bits per heavy atom. The first-order valence-electron chi connectivity index (χ1n) is 15.1. The van der Waals surface area contributed by atoms with Gasteiger partial charge in [-0.1, -0.05) is 111 Å². The standard InChI is InChI=1S/C35H33N2P2.C5H5.Fe/c1-34(2,3)33-27(23-11-5-4-6-12-23)21-26(22-38)32(33)35(39,30-19-17-24-13-7-9-15-28(24)36-30)31-20-18-25-14-8-10-16-29(25)37-31;1-2-4-5-3-1;/h4-21H,22,38-39H2,1-3H3;1-5H;/q-1;-5;. The van der Waals surface area contributed by atoms with Crippen molar-refractivity contribution in [2.45, 2.75) is 37.5 Å². The van der Waals surface area contributed by atoms with Crippen molar-refractivity contribution in [3.8, 4) is 11.1 Å². The topological polar surface area (TPSA) is 25.8 Å². The Labute approximate surface area is 282 Å². The van der Waals surface area contributed by atoms with Crippen LogP contribution in [0, 0.1) is 0 Å². The van der Waals surface area contributed by atoms with Gasteiger partial charge in [0.05, 0.1) is 27.6 Å². The third kappa shape index (κ3) is 6.60. The van der Waals surface area contributed by atoms with E-state index in [1.165, 1.54) is 27.8 Å².